The zero-order valence-electron chi connectivity index (χ0n) is 16.9. The van der Waals surface area contributed by atoms with Crippen molar-refractivity contribution in [3.05, 3.63) is 94.5 Å². The van der Waals surface area contributed by atoms with E-state index in [1.54, 1.807) is 24.3 Å². The first-order valence-electron chi connectivity index (χ1n) is 9.64. The molecule has 0 aliphatic rings. The molecule has 0 aromatic heterocycles. The molecule has 3 rings (SSSR count). The third-order valence-electron chi connectivity index (χ3n) is 4.39. The molecule has 3 aromatic rings. The van der Waals surface area contributed by atoms with Gasteiger partial charge in [-0.15, -0.1) is 0 Å². The lowest BCUT2D eigenvalue weighted by Crippen LogP contribution is -2.27. The Bertz CT molecular complexity index is 1160. The maximum absolute atomic E-state index is 12.2. The first-order chi connectivity index (χ1) is 15.3. The van der Waals surface area contributed by atoms with Gasteiger partial charge in [-0.2, -0.15) is 0 Å². The number of carbonyl (C=O) groups excluding carboxylic acids is 1. The van der Waals surface area contributed by atoms with Crippen molar-refractivity contribution in [3.63, 3.8) is 0 Å². The quantitative estimate of drug-likeness (QED) is 0.356. The van der Waals surface area contributed by atoms with Gasteiger partial charge in [-0.05, 0) is 42.0 Å². The van der Waals surface area contributed by atoms with Crippen molar-refractivity contribution < 1.29 is 22.9 Å². The molecule has 0 unspecified atom stereocenters. The monoisotopic (exact) mass is 455 g/mol. The minimum atomic E-state index is -3.88. The Morgan fingerprint density at radius 3 is 2.22 bits per heavy atom. The van der Waals surface area contributed by atoms with Crippen molar-refractivity contribution in [2.24, 2.45) is 0 Å². The molecule has 0 spiro atoms. The highest BCUT2D eigenvalue weighted by Crippen LogP contribution is 2.18. The summed E-state index contributed by atoms with van der Waals surface area (Å²) in [5.41, 5.74) is 1.39. The molecule has 0 aliphatic carbocycles. The zero-order chi connectivity index (χ0) is 23.0. The average molecular weight is 455 g/mol. The van der Waals surface area contributed by atoms with E-state index in [1.165, 1.54) is 0 Å². The minimum Gasteiger partial charge on any atom is -0.489 e. The van der Waals surface area contributed by atoms with E-state index in [0.29, 0.717) is 18.0 Å². The van der Waals surface area contributed by atoms with E-state index in [2.05, 4.69) is 10.0 Å². The second-order valence-corrected chi connectivity index (χ2v) is 8.51. The molecular weight excluding hydrogens is 434 g/mol. The van der Waals surface area contributed by atoms with Crippen LogP contribution in [0.5, 0.6) is 5.75 Å². The van der Waals surface area contributed by atoms with Gasteiger partial charge in [-0.25, -0.2) is 13.1 Å². The van der Waals surface area contributed by atoms with Gasteiger partial charge >= 0.3 is 0 Å². The SMILES string of the molecule is O=C(CCNS(=O)(=O)c1ccc([N+](=O)[O-])cc1)Nc1ccc(OCc2ccccc2)cc1. The van der Waals surface area contributed by atoms with Gasteiger partial charge in [-0.1, -0.05) is 30.3 Å². The van der Waals surface area contributed by atoms with E-state index < -0.39 is 14.9 Å². The molecule has 0 bridgehead atoms. The number of carbonyl (C=O) groups is 1. The summed E-state index contributed by atoms with van der Waals surface area (Å²) in [4.78, 5) is 22.0. The van der Waals surface area contributed by atoms with Crippen molar-refractivity contribution in [1.82, 2.24) is 4.72 Å². The number of hydrogen-bond donors (Lipinski definition) is 2. The van der Waals surface area contributed by atoms with Crippen LogP contribution in [0, 0.1) is 10.1 Å². The molecule has 0 heterocycles. The summed E-state index contributed by atoms with van der Waals surface area (Å²) in [6.07, 6.45) is -0.0849. The summed E-state index contributed by atoms with van der Waals surface area (Å²) in [5.74, 6) is 0.289. The summed E-state index contributed by atoms with van der Waals surface area (Å²) < 4.78 is 32.4. The van der Waals surface area contributed by atoms with E-state index in [4.69, 9.17) is 4.74 Å². The predicted octanol–water partition coefficient (Wildman–Crippen LogP) is 3.48. The van der Waals surface area contributed by atoms with Gasteiger partial charge < -0.3 is 10.1 Å². The van der Waals surface area contributed by atoms with Gasteiger partial charge in [-0.3, -0.25) is 14.9 Å². The number of nitrogens with one attached hydrogen (secondary N) is 2. The zero-order valence-corrected chi connectivity index (χ0v) is 17.7. The van der Waals surface area contributed by atoms with Crippen LogP contribution in [0.1, 0.15) is 12.0 Å². The third-order valence-corrected chi connectivity index (χ3v) is 5.87. The number of benzene rings is 3. The summed E-state index contributed by atoms with van der Waals surface area (Å²) in [6, 6.07) is 21.1. The molecular formula is C22H21N3O6S. The lowest BCUT2D eigenvalue weighted by atomic mass is 10.2. The number of rotatable bonds is 10. The van der Waals surface area contributed by atoms with Gasteiger partial charge in [0, 0.05) is 30.8 Å². The van der Waals surface area contributed by atoms with Crippen LogP contribution >= 0.6 is 0 Å². The van der Waals surface area contributed by atoms with Crippen molar-refractivity contribution in [3.8, 4) is 5.75 Å². The van der Waals surface area contributed by atoms with E-state index in [9.17, 15) is 23.3 Å². The highest BCUT2D eigenvalue weighted by Gasteiger charge is 2.16. The molecule has 32 heavy (non-hydrogen) atoms. The number of amides is 1. The van der Waals surface area contributed by atoms with Crippen LogP contribution in [0.3, 0.4) is 0 Å². The van der Waals surface area contributed by atoms with Gasteiger partial charge in [0.2, 0.25) is 15.9 Å². The number of nitro groups is 1. The number of nitro benzene ring substituents is 1. The Hall–Kier alpha value is -3.76. The minimum absolute atomic E-state index is 0.0849. The maximum atomic E-state index is 12.2. The molecule has 9 nitrogen and oxygen atoms in total. The van der Waals surface area contributed by atoms with E-state index >= 15 is 0 Å². The number of nitrogens with zero attached hydrogens (tertiary/aromatic N) is 1. The Balaban J connectivity index is 1.44. The van der Waals surface area contributed by atoms with Gasteiger partial charge in [0.15, 0.2) is 0 Å². The average Bonchev–Trinajstić information content (AvgIpc) is 2.79. The lowest BCUT2D eigenvalue weighted by Gasteiger charge is -2.09. The molecule has 166 valence electrons. The molecule has 0 radical (unpaired) electrons. The Morgan fingerprint density at radius 2 is 1.59 bits per heavy atom. The summed E-state index contributed by atoms with van der Waals surface area (Å²) in [5, 5.41) is 13.3. The topological polar surface area (TPSA) is 128 Å². The summed E-state index contributed by atoms with van der Waals surface area (Å²) in [6.45, 7) is 0.310. The molecule has 0 fully saturated rings. The van der Waals surface area contributed by atoms with Crippen molar-refractivity contribution in [2.75, 3.05) is 11.9 Å². The van der Waals surface area contributed by atoms with Crippen LogP contribution in [-0.4, -0.2) is 25.8 Å². The van der Waals surface area contributed by atoms with Gasteiger partial charge in [0.25, 0.3) is 5.69 Å². The normalized spacial score (nSPS) is 11.0. The molecule has 0 saturated carbocycles. The number of hydrogen-bond acceptors (Lipinski definition) is 6. The smallest absolute Gasteiger partial charge is 0.269 e. The second-order valence-electron chi connectivity index (χ2n) is 6.75. The standard InChI is InChI=1S/C22H21N3O6S/c26-22(14-15-23-32(29,30)21-12-8-19(9-13-21)25(27)28)24-18-6-10-20(11-7-18)31-16-17-4-2-1-3-5-17/h1-13,23H,14-16H2,(H,24,26). The lowest BCUT2D eigenvalue weighted by molar-refractivity contribution is -0.384. The molecule has 0 atom stereocenters. The highest BCUT2D eigenvalue weighted by molar-refractivity contribution is 7.89. The molecule has 3 aromatic carbocycles. The Labute approximate surface area is 185 Å². The molecule has 10 heteroatoms. The fourth-order valence-electron chi connectivity index (χ4n) is 2.73. The van der Waals surface area contributed by atoms with E-state index in [1.807, 2.05) is 30.3 Å². The summed E-state index contributed by atoms with van der Waals surface area (Å²) in [7, 11) is -3.88. The molecule has 1 amide bonds. The van der Waals surface area contributed by atoms with Crippen LogP contribution in [0.25, 0.3) is 0 Å². The molecule has 0 saturated heterocycles. The van der Waals surface area contributed by atoms with Gasteiger partial charge in [0.1, 0.15) is 12.4 Å². The van der Waals surface area contributed by atoms with Gasteiger partial charge in [0.05, 0.1) is 9.82 Å². The summed E-state index contributed by atoms with van der Waals surface area (Å²) >= 11 is 0. The van der Waals surface area contributed by atoms with Crippen LogP contribution in [0.4, 0.5) is 11.4 Å². The largest absolute Gasteiger partial charge is 0.489 e. The Kier molecular flexibility index (Phi) is 7.53. The van der Waals surface area contributed by atoms with E-state index in [-0.39, 0.29) is 29.5 Å². The number of non-ortho nitro benzene ring substituents is 1. The molecule has 0 aliphatic heterocycles. The van der Waals surface area contributed by atoms with Crippen molar-refractivity contribution >= 4 is 27.3 Å². The number of ether oxygens (including phenoxy) is 1. The number of sulfonamides is 1. The fraction of sp³-hybridized carbons (Fsp3) is 0.136. The van der Waals surface area contributed by atoms with Crippen LogP contribution in [-0.2, 0) is 21.4 Å². The highest BCUT2D eigenvalue weighted by atomic mass is 32.2. The van der Waals surface area contributed by atoms with Crippen molar-refractivity contribution in [2.45, 2.75) is 17.9 Å². The third kappa shape index (κ3) is 6.62. The maximum Gasteiger partial charge on any atom is 0.269 e. The first-order valence-corrected chi connectivity index (χ1v) is 11.1. The molecule has 2 N–H and O–H groups in total. The van der Waals surface area contributed by atoms with Crippen LogP contribution < -0.4 is 14.8 Å². The van der Waals surface area contributed by atoms with Crippen molar-refractivity contribution in [1.29, 1.82) is 0 Å². The second kappa shape index (κ2) is 10.5. The fourth-order valence-corrected chi connectivity index (χ4v) is 3.76. The van der Waals surface area contributed by atoms with E-state index in [0.717, 1.165) is 29.8 Å². The first kappa shape index (κ1) is 22.9. The van der Waals surface area contributed by atoms with Crippen LogP contribution in [0.15, 0.2) is 83.8 Å². The predicted molar refractivity (Wildman–Crippen MR) is 119 cm³/mol. The number of anilines is 1. The Morgan fingerprint density at radius 1 is 0.938 bits per heavy atom. The van der Waals surface area contributed by atoms with Crippen LogP contribution in [0.2, 0.25) is 0 Å².